The lowest BCUT2D eigenvalue weighted by Crippen LogP contribution is -2.35. The summed E-state index contributed by atoms with van der Waals surface area (Å²) < 4.78 is 0. The van der Waals surface area contributed by atoms with Crippen LogP contribution in [0, 0.1) is 0 Å². The first-order valence-electron chi connectivity index (χ1n) is 6.24. The van der Waals surface area contributed by atoms with Gasteiger partial charge in [0.05, 0.1) is 11.3 Å². The van der Waals surface area contributed by atoms with E-state index in [0.717, 1.165) is 35.6 Å². The van der Waals surface area contributed by atoms with Crippen molar-refractivity contribution < 1.29 is 0 Å². The third-order valence-corrected chi connectivity index (χ3v) is 4.66. The molecular weight excluding hydrogens is 294 g/mol. The molecular formula is C12H15N5OS2. The molecule has 1 aliphatic rings. The number of hydrogen-bond donors (Lipinski definition) is 2. The van der Waals surface area contributed by atoms with Gasteiger partial charge in [0, 0.05) is 37.1 Å². The fourth-order valence-electron chi connectivity index (χ4n) is 2.31. The Hall–Kier alpha value is -1.38. The van der Waals surface area contributed by atoms with Crippen LogP contribution in [-0.2, 0) is 19.5 Å². The van der Waals surface area contributed by atoms with Crippen molar-refractivity contribution in [2.24, 2.45) is 0 Å². The number of nitrogen functional groups attached to an aromatic ring is 1. The molecule has 2 aromatic heterocycles. The van der Waals surface area contributed by atoms with E-state index in [9.17, 15) is 4.79 Å². The summed E-state index contributed by atoms with van der Waals surface area (Å²) >= 11 is 2.95. The normalized spacial score (nSPS) is 15.2. The zero-order valence-electron chi connectivity index (χ0n) is 11.0. The molecule has 0 amide bonds. The van der Waals surface area contributed by atoms with Crippen LogP contribution in [0.4, 0.5) is 5.13 Å². The predicted molar refractivity (Wildman–Crippen MR) is 81.0 cm³/mol. The third-order valence-electron chi connectivity index (χ3n) is 3.27. The number of thioether (sulfide) groups is 1. The Morgan fingerprint density at radius 3 is 3.15 bits per heavy atom. The molecule has 0 radical (unpaired) electrons. The molecule has 0 unspecified atom stereocenters. The van der Waals surface area contributed by atoms with E-state index in [1.165, 1.54) is 23.1 Å². The van der Waals surface area contributed by atoms with Gasteiger partial charge in [-0.25, -0.2) is 9.97 Å². The van der Waals surface area contributed by atoms with Crippen LogP contribution in [0.1, 0.15) is 16.1 Å². The van der Waals surface area contributed by atoms with E-state index in [1.54, 1.807) is 6.20 Å². The summed E-state index contributed by atoms with van der Waals surface area (Å²) in [5.41, 5.74) is 7.33. The van der Waals surface area contributed by atoms with Crippen molar-refractivity contribution in [2.45, 2.75) is 24.7 Å². The van der Waals surface area contributed by atoms with Crippen LogP contribution in [0.5, 0.6) is 0 Å². The predicted octanol–water partition coefficient (Wildman–Crippen LogP) is 1.09. The van der Waals surface area contributed by atoms with Gasteiger partial charge >= 0.3 is 0 Å². The molecule has 0 atom stereocenters. The van der Waals surface area contributed by atoms with Crippen molar-refractivity contribution in [3.8, 4) is 0 Å². The van der Waals surface area contributed by atoms with E-state index in [-0.39, 0.29) is 5.56 Å². The number of rotatable bonds is 3. The Bertz CT molecular complexity index is 681. The molecule has 8 heteroatoms. The van der Waals surface area contributed by atoms with Gasteiger partial charge in [0.15, 0.2) is 10.3 Å². The first-order chi connectivity index (χ1) is 9.65. The number of H-pyrrole nitrogens is 1. The van der Waals surface area contributed by atoms with Gasteiger partial charge < -0.3 is 10.7 Å². The largest absolute Gasteiger partial charge is 0.375 e. The quantitative estimate of drug-likeness (QED) is 0.652. The molecule has 0 spiro atoms. The van der Waals surface area contributed by atoms with Gasteiger partial charge in [-0.2, -0.15) is 0 Å². The summed E-state index contributed by atoms with van der Waals surface area (Å²) in [7, 11) is 0. The summed E-state index contributed by atoms with van der Waals surface area (Å²) in [6, 6.07) is 0. The number of nitrogens with two attached hydrogens (primary N) is 1. The van der Waals surface area contributed by atoms with E-state index in [4.69, 9.17) is 5.73 Å². The van der Waals surface area contributed by atoms with E-state index in [2.05, 4.69) is 19.9 Å². The smallest absolute Gasteiger partial charge is 0.256 e. The standard InChI is InChI=1S/C12H15N5OS2/c1-19-12-15-9-2-3-17(6-8(9)10(18)16-12)5-7-4-14-11(13)20-7/h4H,2-3,5-6H2,1H3,(H2,13,14)(H,15,16,18). The summed E-state index contributed by atoms with van der Waals surface area (Å²) in [6.45, 7) is 2.30. The van der Waals surface area contributed by atoms with Crippen LogP contribution in [0.2, 0.25) is 0 Å². The lowest BCUT2D eigenvalue weighted by Gasteiger charge is -2.26. The fraction of sp³-hybridized carbons (Fsp3) is 0.417. The maximum absolute atomic E-state index is 12.1. The van der Waals surface area contributed by atoms with Gasteiger partial charge in [-0.1, -0.05) is 11.8 Å². The second kappa shape index (κ2) is 5.55. The average molecular weight is 309 g/mol. The molecule has 3 N–H and O–H groups in total. The van der Waals surface area contributed by atoms with Crippen LogP contribution >= 0.6 is 23.1 Å². The average Bonchev–Trinajstić information content (AvgIpc) is 2.84. The maximum atomic E-state index is 12.1. The van der Waals surface area contributed by atoms with Gasteiger partial charge in [-0.05, 0) is 6.26 Å². The minimum absolute atomic E-state index is 0.0205. The van der Waals surface area contributed by atoms with Crippen LogP contribution < -0.4 is 11.3 Å². The van der Waals surface area contributed by atoms with Gasteiger partial charge in [-0.3, -0.25) is 9.69 Å². The number of anilines is 1. The van der Waals surface area contributed by atoms with Gasteiger partial charge in [0.1, 0.15) is 0 Å². The highest BCUT2D eigenvalue weighted by molar-refractivity contribution is 7.98. The topological polar surface area (TPSA) is 87.9 Å². The second-order valence-electron chi connectivity index (χ2n) is 4.63. The first-order valence-corrected chi connectivity index (χ1v) is 8.28. The van der Waals surface area contributed by atoms with Crippen molar-refractivity contribution in [1.82, 2.24) is 19.9 Å². The molecule has 0 aromatic carbocycles. The van der Waals surface area contributed by atoms with Crippen LogP contribution in [0.25, 0.3) is 0 Å². The molecule has 20 heavy (non-hydrogen) atoms. The molecule has 106 valence electrons. The van der Waals surface area contributed by atoms with Gasteiger partial charge in [0.2, 0.25) is 0 Å². The summed E-state index contributed by atoms with van der Waals surface area (Å²) in [6.07, 6.45) is 4.52. The number of aromatic amines is 1. The Balaban J connectivity index is 1.80. The highest BCUT2D eigenvalue weighted by Gasteiger charge is 2.21. The Labute approximate surface area is 124 Å². The summed E-state index contributed by atoms with van der Waals surface area (Å²) in [4.78, 5) is 26.8. The SMILES string of the molecule is CSc1nc2c(c(=O)[nH]1)CN(Cc1cnc(N)s1)CC2. The van der Waals surface area contributed by atoms with Crippen molar-refractivity contribution in [3.05, 3.63) is 32.7 Å². The number of nitrogens with zero attached hydrogens (tertiary/aromatic N) is 3. The lowest BCUT2D eigenvalue weighted by atomic mass is 10.1. The molecule has 0 aliphatic carbocycles. The monoisotopic (exact) mass is 309 g/mol. The molecule has 0 saturated carbocycles. The Kier molecular flexibility index (Phi) is 3.77. The van der Waals surface area contributed by atoms with E-state index in [0.29, 0.717) is 16.8 Å². The first kappa shape index (κ1) is 13.6. The van der Waals surface area contributed by atoms with Crippen molar-refractivity contribution in [3.63, 3.8) is 0 Å². The number of aromatic nitrogens is 3. The minimum Gasteiger partial charge on any atom is -0.375 e. The number of thiazole rings is 1. The summed E-state index contributed by atoms with van der Waals surface area (Å²) in [5, 5.41) is 1.28. The van der Waals surface area contributed by atoms with Crippen molar-refractivity contribution >= 4 is 28.2 Å². The van der Waals surface area contributed by atoms with Crippen LogP contribution in [-0.4, -0.2) is 32.7 Å². The van der Waals surface area contributed by atoms with E-state index in [1.807, 2.05) is 6.26 Å². The van der Waals surface area contributed by atoms with Crippen LogP contribution in [0.15, 0.2) is 16.1 Å². The molecule has 3 rings (SSSR count). The zero-order valence-corrected chi connectivity index (χ0v) is 12.7. The maximum Gasteiger partial charge on any atom is 0.256 e. The lowest BCUT2D eigenvalue weighted by molar-refractivity contribution is 0.243. The molecule has 0 fully saturated rings. The minimum atomic E-state index is -0.0205. The molecule has 0 bridgehead atoms. The number of fused-ring (bicyclic) bond motifs is 1. The van der Waals surface area contributed by atoms with Crippen molar-refractivity contribution in [1.29, 1.82) is 0 Å². The highest BCUT2D eigenvalue weighted by Crippen LogP contribution is 2.21. The van der Waals surface area contributed by atoms with Crippen molar-refractivity contribution in [2.75, 3.05) is 18.5 Å². The van der Waals surface area contributed by atoms with Gasteiger partial charge in [-0.15, -0.1) is 11.3 Å². The molecule has 3 heterocycles. The summed E-state index contributed by atoms with van der Waals surface area (Å²) in [5.74, 6) is 0. The molecule has 0 saturated heterocycles. The number of nitrogens with one attached hydrogen (secondary N) is 1. The highest BCUT2D eigenvalue weighted by atomic mass is 32.2. The fourth-order valence-corrected chi connectivity index (χ4v) is 3.43. The van der Waals surface area contributed by atoms with E-state index >= 15 is 0 Å². The molecule has 2 aromatic rings. The number of hydrogen-bond acceptors (Lipinski definition) is 7. The molecule has 1 aliphatic heterocycles. The zero-order chi connectivity index (χ0) is 14.1. The van der Waals surface area contributed by atoms with E-state index < -0.39 is 0 Å². The Morgan fingerprint density at radius 2 is 2.45 bits per heavy atom. The molecule has 6 nitrogen and oxygen atoms in total. The second-order valence-corrected chi connectivity index (χ2v) is 6.57. The van der Waals surface area contributed by atoms with Gasteiger partial charge in [0.25, 0.3) is 5.56 Å². The Morgan fingerprint density at radius 1 is 1.60 bits per heavy atom. The third kappa shape index (κ3) is 2.72. The van der Waals surface area contributed by atoms with Crippen LogP contribution in [0.3, 0.4) is 0 Å².